The van der Waals surface area contributed by atoms with E-state index in [1.54, 1.807) is 25.1 Å². The molecule has 1 fully saturated rings. The van der Waals surface area contributed by atoms with Crippen LogP contribution < -0.4 is 0 Å². The van der Waals surface area contributed by atoms with Gasteiger partial charge in [0.25, 0.3) is 11.1 Å². The Kier molecular flexibility index (Phi) is 4.87. The van der Waals surface area contributed by atoms with Gasteiger partial charge in [0.05, 0.1) is 11.5 Å². The fourth-order valence-corrected chi connectivity index (χ4v) is 2.83. The van der Waals surface area contributed by atoms with E-state index in [9.17, 15) is 19.5 Å². The SMILES string of the molecule is CCOC(=O)[C@H](C)N1C(=O)S/C(=C\c2ccccc2O)C1=O. The number of benzene rings is 1. The number of rotatable bonds is 4. The van der Waals surface area contributed by atoms with Crippen LogP contribution in [0, 0.1) is 0 Å². The lowest BCUT2D eigenvalue weighted by atomic mass is 10.2. The number of ether oxygens (including phenoxy) is 1. The molecule has 1 aliphatic rings. The highest BCUT2D eigenvalue weighted by atomic mass is 32.2. The summed E-state index contributed by atoms with van der Waals surface area (Å²) in [6.07, 6.45) is 1.43. The second-order valence-corrected chi connectivity index (χ2v) is 5.53. The summed E-state index contributed by atoms with van der Waals surface area (Å²) in [6.45, 7) is 3.26. The van der Waals surface area contributed by atoms with Crippen molar-refractivity contribution in [1.82, 2.24) is 4.90 Å². The van der Waals surface area contributed by atoms with E-state index >= 15 is 0 Å². The molecule has 0 aromatic heterocycles. The topological polar surface area (TPSA) is 83.9 Å². The number of hydrogen-bond donors (Lipinski definition) is 1. The van der Waals surface area contributed by atoms with Crippen molar-refractivity contribution in [3.8, 4) is 5.75 Å². The van der Waals surface area contributed by atoms with Crippen LogP contribution in [0.15, 0.2) is 29.2 Å². The van der Waals surface area contributed by atoms with Gasteiger partial charge in [0.15, 0.2) is 0 Å². The van der Waals surface area contributed by atoms with E-state index in [-0.39, 0.29) is 17.3 Å². The molecule has 1 aromatic rings. The van der Waals surface area contributed by atoms with Gasteiger partial charge in [0.1, 0.15) is 11.8 Å². The Labute approximate surface area is 131 Å². The van der Waals surface area contributed by atoms with Gasteiger partial charge in [0.2, 0.25) is 0 Å². The molecule has 6 nitrogen and oxygen atoms in total. The van der Waals surface area contributed by atoms with Gasteiger partial charge in [0, 0.05) is 5.56 Å². The van der Waals surface area contributed by atoms with Gasteiger partial charge in [-0.2, -0.15) is 0 Å². The number of nitrogens with zero attached hydrogens (tertiary/aromatic N) is 1. The highest BCUT2D eigenvalue weighted by Crippen LogP contribution is 2.35. The molecule has 116 valence electrons. The first kappa shape index (κ1) is 16.1. The third-order valence-electron chi connectivity index (χ3n) is 3.06. The molecule has 22 heavy (non-hydrogen) atoms. The lowest BCUT2D eigenvalue weighted by molar-refractivity contribution is -0.150. The molecule has 1 heterocycles. The second kappa shape index (κ2) is 6.65. The number of phenolic OH excluding ortho intramolecular Hbond substituents is 1. The molecule has 1 atom stereocenters. The third-order valence-corrected chi connectivity index (χ3v) is 3.95. The number of imide groups is 1. The first-order valence-electron chi connectivity index (χ1n) is 6.67. The molecule has 0 bridgehead atoms. The highest BCUT2D eigenvalue weighted by Gasteiger charge is 2.41. The summed E-state index contributed by atoms with van der Waals surface area (Å²) in [5.41, 5.74) is 0.428. The number of carbonyl (C=O) groups excluding carboxylic acids is 3. The largest absolute Gasteiger partial charge is 0.507 e. The van der Waals surface area contributed by atoms with E-state index in [1.807, 2.05) is 0 Å². The number of aromatic hydroxyl groups is 1. The van der Waals surface area contributed by atoms with Gasteiger partial charge in [-0.1, -0.05) is 18.2 Å². The maximum absolute atomic E-state index is 12.3. The monoisotopic (exact) mass is 321 g/mol. The molecule has 1 N–H and O–H groups in total. The van der Waals surface area contributed by atoms with Crippen LogP contribution in [0.25, 0.3) is 6.08 Å². The standard InChI is InChI=1S/C15H15NO5S/c1-3-21-14(19)9(2)16-13(18)12(22-15(16)20)8-10-6-4-5-7-11(10)17/h4-9,17H,3H2,1-2H3/b12-8-/t9-/m0/s1. The Morgan fingerprint density at radius 3 is 2.73 bits per heavy atom. The summed E-state index contributed by atoms with van der Waals surface area (Å²) >= 11 is 0.729. The Morgan fingerprint density at radius 2 is 2.09 bits per heavy atom. The van der Waals surface area contributed by atoms with Crippen LogP contribution >= 0.6 is 11.8 Å². The summed E-state index contributed by atoms with van der Waals surface area (Å²) in [5, 5.41) is 9.18. The van der Waals surface area contributed by atoms with Crippen LogP contribution in [-0.4, -0.2) is 39.8 Å². The molecular formula is C15H15NO5S. The third kappa shape index (κ3) is 3.14. The molecule has 2 amide bonds. The van der Waals surface area contributed by atoms with Crippen molar-refractivity contribution in [3.63, 3.8) is 0 Å². The molecule has 7 heteroatoms. The normalized spacial score (nSPS) is 17.9. The quantitative estimate of drug-likeness (QED) is 0.677. The number of amides is 2. The predicted octanol–water partition coefficient (Wildman–Crippen LogP) is 2.38. The zero-order chi connectivity index (χ0) is 16.3. The molecule has 0 unspecified atom stereocenters. The fourth-order valence-electron chi connectivity index (χ4n) is 1.93. The summed E-state index contributed by atoms with van der Waals surface area (Å²) in [6, 6.07) is 5.48. The first-order valence-corrected chi connectivity index (χ1v) is 7.49. The Hall–Kier alpha value is -2.28. The van der Waals surface area contributed by atoms with Crippen molar-refractivity contribution < 1.29 is 24.2 Å². The van der Waals surface area contributed by atoms with Crippen LogP contribution in [-0.2, 0) is 14.3 Å². The van der Waals surface area contributed by atoms with Crippen LogP contribution in [0.3, 0.4) is 0 Å². The van der Waals surface area contributed by atoms with Crippen LogP contribution in [0.4, 0.5) is 4.79 Å². The summed E-state index contributed by atoms with van der Waals surface area (Å²) in [5.74, 6) is -1.19. The number of para-hydroxylation sites is 1. The van der Waals surface area contributed by atoms with E-state index < -0.39 is 23.2 Å². The van der Waals surface area contributed by atoms with Gasteiger partial charge in [-0.3, -0.25) is 14.5 Å². The zero-order valence-electron chi connectivity index (χ0n) is 12.1. The number of esters is 1. The molecule has 0 radical (unpaired) electrons. The molecule has 1 saturated heterocycles. The average molecular weight is 321 g/mol. The average Bonchev–Trinajstić information content (AvgIpc) is 2.75. The van der Waals surface area contributed by atoms with Gasteiger partial charge < -0.3 is 9.84 Å². The fraction of sp³-hybridized carbons (Fsp3) is 0.267. The second-order valence-electron chi connectivity index (χ2n) is 4.54. The highest BCUT2D eigenvalue weighted by molar-refractivity contribution is 8.18. The van der Waals surface area contributed by atoms with Gasteiger partial charge in [-0.25, -0.2) is 4.79 Å². The number of carbonyl (C=O) groups is 3. The van der Waals surface area contributed by atoms with Crippen molar-refractivity contribution in [2.45, 2.75) is 19.9 Å². The smallest absolute Gasteiger partial charge is 0.329 e. The van der Waals surface area contributed by atoms with Crippen LogP contribution in [0.1, 0.15) is 19.4 Å². The molecule has 1 aliphatic heterocycles. The minimum absolute atomic E-state index is 0.00717. The van der Waals surface area contributed by atoms with Crippen molar-refractivity contribution in [1.29, 1.82) is 0 Å². The molecule has 0 saturated carbocycles. The van der Waals surface area contributed by atoms with Crippen molar-refractivity contribution >= 4 is 35.0 Å². The molecule has 1 aromatic carbocycles. The van der Waals surface area contributed by atoms with Crippen molar-refractivity contribution in [3.05, 3.63) is 34.7 Å². The Bertz CT molecular complexity index is 655. The minimum atomic E-state index is -0.984. The molecule has 2 rings (SSSR count). The van der Waals surface area contributed by atoms with Crippen molar-refractivity contribution in [2.75, 3.05) is 6.61 Å². The summed E-state index contributed by atoms with van der Waals surface area (Å²) < 4.78 is 4.83. The van der Waals surface area contributed by atoms with E-state index in [4.69, 9.17) is 4.74 Å². The number of thioether (sulfide) groups is 1. The maximum atomic E-state index is 12.3. The maximum Gasteiger partial charge on any atom is 0.329 e. The van der Waals surface area contributed by atoms with Gasteiger partial charge in [-0.05, 0) is 37.8 Å². The molecule has 0 spiro atoms. The lowest BCUT2D eigenvalue weighted by Crippen LogP contribution is -2.42. The Balaban J connectivity index is 2.26. The van der Waals surface area contributed by atoms with Gasteiger partial charge in [-0.15, -0.1) is 0 Å². The van der Waals surface area contributed by atoms with E-state index in [1.165, 1.54) is 19.1 Å². The summed E-state index contributed by atoms with van der Waals surface area (Å²) in [4.78, 5) is 37.0. The first-order chi connectivity index (χ1) is 10.5. The van der Waals surface area contributed by atoms with Crippen molar-refractivity contribution in [2.24, 2.45) is 0 Å². The van der Waals surface area contributed by atoms with E-state index in [2.05, 4.69) is 0 Å². The minimum Gasteiger partial charge on any atom is -0.507 e. The predicted molar refractivity (Wildman–Crippen MR) is 82.0 cm³/mol. The lowest BCUT2D eigenvalue weighted by Gasteiger charge is -2.19. The summed E-state index contributed by atoms with van der Waals surface area (Å²) in [7, 11) is 0. The number of hydrogen-bond acceptors (Lipinski definition) is 6. The number of phenols is 1. The van der Waals surface area contributed by atoms with E-state index in [0.29, 0.717) is 5.56 Å². The van der Waals surface area contributed by atoms with Crippen LogP contribution in [0.5, 0.6) is 5.75 Å². The van der Waals surface area contributed by atoms with E-state index in [0.717, 1.165) is 16.7 Å². The Morgan fingerprint density at radius 1 is 1.41 bits per heavy atom. The van der Waals surface area contributed by atoms with Gasteiger partial charge >= 0.3 is 5.97 Å². The molecule has 0 aliphatic carbocycles. The van der Waals surface area contributed by atoms with Crippen LogP contribution in [0.2, 0.25) is 0 Å². The molecular weight excluding hydrogens is 306 g/mol. The zero-order valence-corrected chi connectivity index (χ0v) is 12.9.